The molecule has 4 rings (SSSR count). The van der Waals surface area contributed by atoms with Crippen molar-refractivity contribution in [3.05, 3.63) is 54.0 Å². The maximum absolute atomic E-state index is 14.2. The molecule has 1 N–H and O–H groups in total. The van der Waals surface area contributed by atoms with Gasteiger partial charge in [0.05, 0.1) is 48.9 Å². The first-order valence-corrected chi connectivity index (χ1v) is 10.7. The van der Waals surface area contributed by atoms with E-state index in [1.54, 1.807) is 11.0 Å². The van der Waals surface area contributed by atoms with Crippen LogP contribution in [0.5, 0.6) is 11.5 Å². The summed E-state index contributed by atoms with van der Waals surface area (Å²) < 4.78 is 31.0. The zero-order valence-electron chi connectivity index (χ0n) is 18.2. The summed E-state index contributed by atoms with van der Waals surface area (Å²) >= 11 is 0. The van der Waals surface area contributed by atoms with Crippen molar-refractivity contribution in [3.63, 3.8) is 0 Å². The summed E-state index contributed by atoms with van der Waals surface area (Å²) in [6.45, 7) is 6.72. The molecular formula is C24H26FN3O4. The normalized spacial score (nSPS) is 13.8. The van der Waals surface area contributed by atoms with Crippen molar-refractivity contribution < 1.29 is 23.4 Å². The first-order chi connectivity index (χ1) is 15.6. The zero-order valence-corrected chi connectivity index (χ0v) is 18.2. The number of halogens is 1. The highest BCUT2D eigenvalue weighted by Gasteiger charge is 2.24. The van der Waals surface area contributed by atoms with Crippen LogP contribution in [0.2, 0.25) is 0 Å². The smallest absolute Gasteiger partial charge is 0.257 e. The fourth-order valence-corrected chi connectivity index (χ4v) is 3.68. The summed E-state index contributed by atoms with van der Waals surface area (Å²) in [5, 5.41) is 3.83. The highest BCUT2D eigenvalue weighted by atomic mass is 19.1. The molecule has 8 heteroatoms. The van der Waals surface area contributed by atoms with E-state index in [9.17, 15) is 9.18 Å². The molecule has 0 atom stereocenters. The molecule has 0 radical (unpaired) electrons. The quantitative estimate of drug-likeness (QED) is 0.589. The Kier molecular flexibility index (Phi) is 6.70. The number of carbonyl (C=O) groups excluding carboxylic acids is 1. The number of fused-ring (bicyclic) bond motifs is 1. The number of nitrogens with zero attached hydrogens (tertiary/aromatic N) is 2. The molecule has 0 saturated carbocycles. The number of nitrogens with one attached hydrogen (secondary N) is 1. The number of hydrogen-bond acceptors (Lipinski definition) is 6. The molecule has 0 aliphatic carbocycles. The zero-order chi connectivity index (χ0) is 22.5. The minimum atomic E-state index is -0.411. The molecule has 1 fully saturated rings. The van der Waals surface area contributed by atoms with Crippen LogP contribution >= 0.6 is 0 Å². The fraction of sp³-hybridized carbons (Fsp3) is 0.333. The number of hydrogen-bond donors (Lipinski definition) is 1. The third-order valence-electron chi connectivity index (χ3n) is 5.18. The lowest BCUT2D eigenvalue weighted by atomic mass is 10.1. The Labute approximate surface area is 186 Å². The Hall–Kier alpha value is -3.39. The standard InChI is InChI=1S/C24H26FN3O4/c1-3-31-17-6-8-22(32-4-2)21(14-17)27-23-18-13-16(25)5-7-20(18)26-15-19(23)24(29)28-9-11-30-12-10-28/h5-8,13-15H,3-4,9-12H2,1-2H3,(H,26,27). The van der Waals surface area contributed by atoms with Crippen molar-refractivity contribution in [2.75, 3.05) is 44.8 Å². The van der Waals surface area contributed by atoms with Crippen LogP contribution < -0.4 is 14.8 Å². The summed E-state index contributed by atoms with van der Waals surface area (Å²) in [5.74, 6) is 0.658. The summed E-state index contributed by atoms with van der Waals surface area (Å²) in [4.78, 5) is 19.5. The van der Waals surface area contributed by atoms with Gasteiger partial charge >= 0.3 is 0 Å². The van der Waals surface area contributed by atoms with E-state index in [-0.39, 0.29) is 5.91 Å². The van der Waals surface area contributed by atoms with Crippen molar-refractivity contribution >= 4 is 28.2 Å². The number of carbonyl (C=O) groups is 1. The number of rotatable bonds is 7. The summed E-state index contributed by atoms with van der Waals surface area (Å²) in [6, 6.07) is 9.77. The lowest BCUT2D eigenvalue weighted by Gasteiger charge is -2.28. The van der Waals surface area contributed by atoms with Gasteiger partial charge in [0.15, 0.2) is 0 Å². The number of benzene rings is 2. The highest BCUT2D eigenvalue weighted by Crippen LogP contribution is 2.36. The van der Waals surface area contributed by atoms with Crippen molar-refractivity contribution in [2.45, 2.75) is 13.8 Å². The van der Waals surface area contributed by atoms with Gasteiger partial charge in [-0.15, -0.1) is 0 Å². The first-order valence-electron chi connectivity index (χ1n) is 10.7. The molecule has 0 spiro atoms. The number of amides is 1. The predicted molar refractivity (Wildman–Crippen MR) is 120 cm³/mol. The van der Waals surface area contributed by atoms with Gasteiger partial charge in [-0.3, -0.25) is 9.78 Å². The Morgan fingerprint density at radius 2 is 1.91 bits per heavy atom. The Balaban J connectivity index is 1.83. The van der Waals surface area contributed by atoms with Crippen molar-refractivity contribution in [1.29, 1.82) is 0 Å². The molecule has 3 aromatic rings. The molecule has 2 heterocycles. The molecule has 1 aromatic heterocycles. The van der Waals surface area contributed by atoms with Gasteiger partial charge in [0, 0.05) is 30.7 Å². The van der Waals surface area contributed by atoms with Crippen molar-refractivity contribution in [1.82, 2.24) is 9.88 Å². The monoisotopic (exact) mass is 439 g/mol. The van der Waals surface area contributed by atoms with Gasteiger partial charge in [-0.1, -0.05) is 0 Å². The third kappa shape index (κ3) is 4.60. The molecule has 1 aliphatic rings. The summed E-state index contributed by atoms with van der Waals surface area (Å²) in [6.07, 6.45) is 1.53. The average molecular weight is 439 g/mol. The minimum Gasteiger partial charge on any atom is -0.494 e. The Morgan fingerprint density at radius 3 is 2.66 bits per heavy atom. The Morgan fingerprint density at radius 1 is 1.12 bits per heavy atom. The van der Waals surface area contributed by atoms with Gasteiger partial charge in [-0.2, -0.15) is 0 Å². The van der Waals surface area contributed by atoms with Crippen LogP contribution in [0.15, 0.2) is 42.6 Å². The van der Waals surface area contributed by atoms with Gasteiger partial charge in [0.2, 0.25) is 0 Å². The van der Waals surface area contributed by atoms with Crippen molar-refractivity contribution in [2.24, 2.45) is 0 Å². The second-order valence-corrected chi connectivity index (χ2v) is 7.26. The maximum Gasteiger partial charge on any atom is 0.257 e. The molecule has 1 amide bonds. The van der Waals surface area contributed by atoms with Crippen LogP contribution in [0, 0.1) is 5.82 Å². The van der Waals surface area contributed by atoms with Gasteiger partial charge < -0.3 is 24.4 Å². The van der Waals surface area contributed by atoms with Crippen LogP contribution in [0.1, 0.15) is 24.2 Å². The van der Waals surface area contributed by atoms with Gasteiger partial charge in [-0.05, 0) is 44.2 Å². The van der Waals surface area contributed by atoms with E-state index in [1.165, 1.54) is 18.3 Å². The maximum atomic E-state index is 14.2. The lowest BCUT2D eigenvalue weighted by Crippen LogP contribution is -2.41. The summed E-state index contributed by atoms with van der Waals surface area (Å²) in [5.41, 5.74) is 2.02. The SMILES string of the molecule is CCOc1ccc(OCC)c(Nc2c(C(=O)N3CCOCC3)cnc3ccc(F)cc23)c1. The van der Waals surface area contributed by atoms with E-state index in [1.807, 2.05) is 32.0 Å². The molecule has 1 saturated heterocycles. The minimum absolute atomic E-state index is 0.187. The van der Waals surface area contributed by atoms with Gasteiger partial charge in [0.25, 0.3) is 5.91 Å². The number of pyridine rings is 1. The molecular weight excluding hydrogens is 413 g/mol. The molecule has 0 bridgehead atoms. The second kappa shape index (κ2) is 9.82. The van der Waals surface area contributed by atoms with Crippen LogP contribution in [-0.2, 0) is 4.74 Å². The van der Waals surface area contributed by atoms with E-state index >= 15 is 0 Å². The summed E-state index contributed by atoms with van der Waals surface area (Å²) in [7, 11) is 0. The average Bonchev–Trinajstić information content (AvgIpc) is 2.81. The molecule has 32 heavy (non-hydrogen) atoms. The number of morpholine rings is 1. The Bertz CT molecular complexity index is 1120. The van der Waals surface area contributed by atoms with Crippen LogP contribution in [0.4, 0.5) is 15.8 Å². The van der Waals surface area contributed by atoms with Gasteiger partial charge in [-0.25, -0.2) is 4.39 Å². The van der Waals surface area contributed by atoms with Crippen molar-refractivity contribution in [3.8, 4) is 11.5 Å². The first kappa shape index (κ1) is 21.8. The van der Waals surface area contributed by atoms with Crippen LogP contribution in [-0.4, -0.2) is 55.3 Å². The van der Waals surface area contributed by atoms with E-state index in [2.05, 4.69) is 10.3 Å². The molecule has 2 aromatic carbocycles. The molecule has 168 valence electrons. The lowest BCUT2D eigenvalue weighted by molar-refractivity contribution is 0.0303. The number of ether oxygens (including phenoxy) is 3. The van der Waals surface area contributed by atoms with E-state index < -0.39 is 5.82 Å². The fourth-order valence-electron chi connectivity index (χ4n) is 3.68. The van der Waals surface area contributed by atoms with Crippen LogP contribution in [0.3, 0.4) is 0 Å². The highest BCUT2D eigenvalue weighted by molar-refractivity contribution is 6.08. The number of anilines is 2. The molecule has 1 aliphatic heterocycles. The van der Waals surface area contributed by atoms with E-state index in [0.29, 0.717) is 78.9 Å². The topological polar surface area (TPSA) is 72.9 Å². The largest absolute Gasteiger partial charge is 0.494 e. The predicted octanol–water partition coefficient (Wildman–Crippen LogP) is 4.39. The van der Waals surface area contributed by atoms with Crippen LogP contribution in [0.25, 0.3) is 10.9 Å². The molecule has 0 unspecified atom stereocenters. The van der Waals surface area contributed by atoms with Gasteiger partial charge in [0.1, 0.15) is 17.3 Å². The molecule has 7 nitrogen and oxygen atoms in total. The number of aromatic nitrogens is 1. The second-order valence-electron chi connectivity index (χ2n) is 7.26. The van der Waals surface area contributed by atoms with E-state index in [4.69, 9.17) is 14.2 Å². The third-order valence-corrected chi connectivity index (χ3v) is 5.18. The van der Waals surface area contributed by atoms with E-state index in [0.717, 1.165) is 0 Å².